The van der Waals surface area contributed by atoms with Crippen molar-refractivity contribution < 1.29 is 18.3 Å². The number of rotatable bonds is 12. The number of hydrogen-bond donors (Lipinski definition) is 0. The van der Waals surface area contributed by atoms with Crippen molar-refractivity contribution in [3.63, 3.8) is 0 Å². The third-order valence-electron chi connectivity index (χ3n) is 2.51. The van der Waals surface area contributed by atoms with Gasteiger partial charge in [-0.3, -0.25) is 4.57 Å². The zero-order valence-electron chi connectivity index (χ0n) is 12.6. The zero-order chi connectivity index (χ0) is 14.8. The van der Waals surface area contributed by atoms with Crippen molar-refractivity contribution in [2.75, 3.05) is 24.0 Å². The van der Waals surface area contributed by atoms with Crippen molar-refractivity contribution in [3.8, 4) is 0 Å². The monoisotopic (exact) mass is 406 g/mol. The topological polar surface area (TPSA) is 44.8 Å². The first-order chi connectivity index (χ1) is 8.89. The van der Waals surface area contributed by atoms with Gasteiger partial charge in [0.05, 0.1) is 18.8 Å². The minimum absolute atomic E-state index is 0.0381. The van der Waals surface area contributed by atoms with Crippen LogP contribution in [0.15, 0.2) is 0 Å². The maximum absolute atomic E-state index is 12.6. The Labute approximate surface area is 131 Å². The van der Waals surface area contributed by atoms with Crippen molar-refractivity contribution in [3.05, 3.63) is 0 Å². The second kappa shape index (κ2) is 10.6. The number of hydrogen-bond acceptors (Lipinski definition) is 4. The van der Waals surface area contributed by atoms with E-state index in [1.807, 2.05) is 13.8 Å². The molecule has 0 aliphatic rings. The standard InChI is InChI=1S/C13H28IO4P/c1-5-7-9-17-19(15,18-10-8-6-2)12-16-13(3,4)11-14/h5-12H2,1-4H3. The minimum Gasteiger partial charge on any atom is -0.362 e. The minimum atomic E-state index is -3.11. The quantitative estimate of drug-likeness (QED) is 0.198. The molecular formula is C13H28IO4P. The first-order valence-electron chi connectivity index (χ1n) is 6.97. The maximum atomic E-state index is 12.6. The Bertz CT molecular complexity index is 257. The molecule has 0 atom stereocenters. The Morgan fingerprint density at radius 3 is 1.89 bits per heavy atom. The van der Waals surface area contributed by atoms with E-state index in [9.17, 15) is 4.57 Å². The molecule has 0 N–H and O–H groups in total. The third kappa shape index (κ3) is 10.2. The fourth-order valence-electron chi connectivity index (χ4n) is 1.10. The lowest BCUT2D eigenvalue weighted by Crippen LogP contribution is -2.27. The van der Waals surface area contributed by atoms with Gasteiger partial charge < -0.3 is 13.8 Å². The molecule has 0 aromatic carbocycles. The molecule has 0 radical (unpaired) electrons. The highest BCUT2D eigenvalue weighted by molar-refractivity contribution is 14.1. The SMILES string of the molecule is CCCCOP(=O)(COC(C)(C)CI)OCCCC. The second-order valence-electron chi connectivity index (χ2n) is 5.15. The molecule has 0 saturated heterocycles. The lowest BCUT2D eigenvalue weighted by atomic mass is 10.2. The van der Waals surface area contributed by atoms with Gasteiger partial charge in [-0.15, -0.1) is 0 Å². The highest BCUT2D eigenvalue weighted by Crippen LogP contribution is 2.49. The van der Waals surface area contributed by atoms with Gasteiger partial charge in [0.25, 0.3) is 0 Å². The van der Waals surface area contributed by atoms with E-state index in [0.717, 1.165) is 30.1 Å². The van der Waals surface area contributed by atoms with Crippen molar-refractivity contribution in [1.82, 2.24) is 0 Å². The average molecular weight is 406 g/mol. The lowest BCUT2D eigenvalue weighted by molar-refractivity contribution is 0.0172. The van der Waals surface area contributed by atoms with Gasteiger partial charge in [-0.25, -0.2) is 0 Å². The van der Waals surface area contributed by atoms with Gasteiger partial charge in [0.15, 0.2) is 0 Å². The molecule has 0 rings (SSSR count). The van der Waals surface area contributed by atoms with Gasteiger partial charge in [-0.2, -0.15) is 0 Å². The molecule has 0 fully saturated rings. The molecule has 0 bridgehead atoms. The first kappa shape index (κ1) is 19.8. The van der Waals surface area contributed by atoms with Crippen molar-refractivity contribution in [1.29, 1.82) is 0 Å². The Hall–Kier alpha value is 0.840. The Balaban J connectivity index is 4.34. The van der Waals surface area contributed by atoms with Crippen LogP contribution in [0, 0.1) is 0 Å². The maximum Gasteiger partial charge on any atom is 0.356 e. The van der Waals surface area contributed by atoms with E-state index in [2.05, 4.69) is 36.4 Å². The molecule has 0 aromatic heterocycles. The van der Waals surface area contributed by atoms with Crippen LogP contribution in [0.1, 0.15) is 53.4 Å². The molecule has 0 saturated carbocycles. The van der Waals surface area contributed by atoms with E-state index in [4.69, 9.17) is 13.8 Å². The summed E-state index contributed by atoms with van der Waals surface area (Å²) in [7, 11) is -3.11. The van der Waals surface area contributed by atoms with Crippen LogP contribution in [0.2, 0.25) is 0 Å². The van der Waals surface area contributed by atoms with Gasteiger partial charge >= 0.3 is 7.60 Å². The van der Waals surface area contributed by atoms with E-state index in [0.29, 0.717) is 13.2 Å². The first-order valence-corrected chi connectivity index (χ1v) is 10.2. The Kier molecular flexibility index (Phi) is 11.0. The number of ether oxygens (including phenoxy) is 1. The number of unbranched alkanes of at least 4 members (excludes halogenated alkanes) is 2. The molecule has 0 aliphatic carbocycles. The zero-order valence-corrected chi connectivity index (χ0v) is 15.7. The highest BCUT2D eigenvalue weighted by Gasteiger charge is 2.29. The summed E-state index contributed by atoms with van der Waals surface area (Å²) in [5.74, 6) is 0. The molecule has 0 spiro atoms. The predicted octanol–water partition coefficient (Wildman–Crippen LogP) is 5.00. The van der Waals surface area contributed by atoms with Gasteiger partial charge in [-0.05, 0) is 26.7 Å². The lowest BCUT2D eigenvalue weighted by Gasteiger charge is -2.26. The predicted molar refractivity (Wildman–Crippen MR) is 88.2 cm³/mol. The van der Waals surface area contributed by atoms with Gasteiger partial charge in [-0.1, -0.05) is 49.3 Å². The molecule has 4 nitrogen and oxygen atoms in total. The highest BCUT2D eigenvalue weighted by atomic mass is 127. The van der Waals surface area contributed by atoms with Crippen LogP contribution in [-0.4, -0.2) is 29.6 Å². The van der Waals surface area contributed by atoms with Crippen molar-refractivity contribution in [2.45, 2.75) is 59.0 Å². The normalized spacial score (nSPS) is 12.9. The van der Waals surface area contributed by atoms with Crippen molar-refractivity contribution >= 4 is 30.2 Å². The molecular weight excluding hydrogens is 378 g/mol. The van der Waals surface area contributed by atoms with Crippen molar-refractivity contribution in [2.24, 2.45) is 0 Å². The van der Waals surface area contributed by atoms with Gasteiger partial charge in [0, 0.05) is 4.43 Å². The van der Waals surface area contributed by atoms with Crippen LogP contribution in [0.25, 0.3) is 0 Å². The van der Waals surface area contributed by atoms with Crippen LogP contribution in [-0.2, 0) is 18.3 Å². The average Bonchev–Trinajstić information content (AvgIpc) is 2.38. The summed E-state index contributed by atoms with van der Waals surface area (Å²) >= 11 is 2.25. The molecule has 0 aliphatic heterocycles. The summed E-state index contributed by atoms with van der Waals surface area (Å²) in [6, 6.07) is 0. The summed E-state index contributed by atoms with van der Waals surface area (Å²) in [5.41, 5.74) is -0.307. The van der Waals surface area contributed by atoms with E-state index < -0.39 is 7.60 Å². The molecule has 0 aromatic rings. The van der Waals surface area contributed by atoms with E-state index >= 15 is 0 Å². The fourth-order valence-corrected chi connectivity index (χ4v) is 2.87. The van der Waals surface area contributed by atoms with Crippen LogP contribution in [0.3, 0.4) is 0 Å². The molecule has 19 heavy (non-hydrogen) atoms. The van der Waals surface area contributed by atoms with Gasteiger partial charge in [0.2, 0.25) is 0 Å². The third-order valence-corrected chi connectivity index (χ3v) is 5.94. The van der Waals surface area contributed by atoms with E-state index in [1.54, 1.807) is 0 Å². The van der Waals surface area contributed by atoms with Crippen LogP contribution in [0.5, 0.6) is 0 Å². The molecule has 0 heterocycles. The van der Waals surface area contributed by atoms with E-state index in [-0.39, 0.29) is 11.9 Å². The fraction of sp³-hybridized carbons (Fsp3) is 1.00. The Morgan fingerprint density at radius 2 is 1.53 bits per heavy atom. The van der Waals surface area contributed by atoms with E-state index in [1.165, 1.54) is 0 Å². The molecule has 116 valence electrons. The van der Waals surface area contributed by atoms with Crippen LogP contribution in [0.4, 0.5) is 0 Å². The Morgan fingerprint density at radius 1 is 1.05 bits per heavy atom. The summed E-state index contributed by atoms with van der Waals surface area (Å²) < 4.78 is 30.0. The molecule has 0 amide bonds. The molecule has 0 unspecified atom stereocenters. The molecule has 6 heteroatoms. The smallest absolute Gasteiger partial charge is 0.356 e. The summed E-state index contributed by atoms with van der Waals surface area (Å²) in [4.78, 5) is 0. The van der Waals surface area contributed by atoms with Crippen LogP contribution < -0.4 is 0 Å². The second-order valence-corrected chi connectivity index (χ2v) is 7.91. The number of halogens is 1. The summed E-state index contributed by atoms with van der Waals surface area (Å²) in [6.07, 6.45) is 3.83. The van der Waals surface area contributed by atoms with Gasteiger partial charge in [0.1, 0.15) is 6.35 Å². The summed E-state index contributed by atoms with van der Waals surface area (Å²) in [5, 5.41) is 0. The number of alkyl halides is 1. The van der Waals surface area contributed by atoms with Crippen LogP contribution >= 0.6 is 30.2 Å². The summed E-state index contributed by atoms with van der Waals surface area (Å²) in [6.45, 7) is 9.02. The largest absolute Gasteiger partial charge is 0.362 e.